The molecule has 1 amide bonds. The number of carbonyl (C=O) groups is 1. The van der Waals surface area contributed by atoms with E-state index in [-0.39, 0.29) is 33.7 Å². The second-order valence-corrected chi connectivity index (χ2v) is 8.17. The quantitative estimate of drug-likeness (QED) is 0.572. The fourth-order valence-electron chi connectivity index (χ4n) is 2.89. The van der Waals surface area contributed by atoms with Gasteiger partial charge in [0.05, 0.1) is 31.3 Å². The van der Waals surface area contributed by atoms with Gasteiger partial charge in [0.2, 0.25) is 15.7 Å². The molecule has 0 saturated heterocycles. The Kier molecular flexibility index (Phi) is 6.58. The van der Waals surface area contributed by atoms with E-state index in [0.717, 1.165) is 0 Å². The molecule has 30 heavy (non-hydrogen) atoms. The molecule has 3 aromatic rings. The maximum atomic E-state index is 13.2. The molecule has 0 saturated carbocycles. The van der Waals surface area contributed by atoms with Gasteiger partial charge in [0.1, 0.15) is 16.4 Å². The van der Waals surface area contributed by atoms with Crippen molar-refractivity contribution in [2.24, 2.45) is 0 Å². The zero-order valence-corrected chi connectivity index (χ0v) is 17.4. The Balaban J connectivity index is 1.84. The number of hydrogen-bond donors (Lipinski definition) is 2. The molecular formula is C22H22N2O5S. The van der Waals surface area contributed by atoms with Crippen molar-refractivity contribution in [3.05, 3.63) is 72.8 Å². The summed E-state index contributed by atoms with van der Waals surface area (Å²) in [6, 6.07) is 19.8. The van der Waals surface area contributed by atoms with Crippen molar-refractivity contribution in [1.29, 1.82) is 0 Å². The highest BCUT2D eigenvalue weighted by Crippen LogP contribution is 2.35. The second-order valence-electron chi connectivity index (χ2n) is 6.29. The first kappa shape index (κ1) is 21.2. The van der Waals surface area contributed by atoms with E-state index in [9.17, 15) is 13.2 Å². The molecule has 3 rings (SSSR count). The van der Waals surface area contributed by atoms with E-state index in [0.29, 0.717) is 11.4 Å². The van der Waals surface area contributed by atoms with Crippen LogP contribution in [0, 0.1) is 0 Å². The Morgan fingerprint density at radius 2 is 1.63 bits per heavy atom. The van der Waals surface area contributed by atoms with Crippen LogP contribution in [0.2, 0.25) is 0 Å². The molecule has 0 aliphatic heterocycles. The molecule has 0 fully saturated rings. The lowest BCUT2D eigenvalue weighted by molar-refractivity contribution is -0.114. The van der Waals surface area contributed by atoms with Gasteiger partial charge in [-0.15, -0.1) is 0 Å². The lowest BCUT2D eigenvalue weighted by atomic mass is 10.3. The first-order chi connectivity index (χ1) is 14.5. The number of methoxy groups -OCH3 is 2. The van der Waals surface area contributed by atoms with Gasteiger partial charge in [-0.3, -0.25) is 4.79 Å². The van der Waals surface area contributed by atoms with E-state index in [4.69, 9.17) is 9.47 Å². The molecule has 0 unspecified atom stereocenters. The second kappa shape index (κ2) is 9.32. The Morgan fingerprint density at radius 3 is 2.33 bits per heavy atom. The summed E-state index contributed by atoms with van der Waals surface area (Å²) in [4.78, 5) is 12.5. The fourth-order valence-corrected chi connectivity index (χ4v) is 4.49. The monoisotopic (exact) mass is 426 g/mol. The normalized spacial score (nSPS) is 10.9. The summed E-state index contributed by atoms with van der Waals surface area (Å²) in [5.74, 6) is 0.469. The third kappa shape index (κ3) is 4.72. The minimum Gasteiger partial charge on any atom is -0.497 e. The third-order valence-electron chi connectivity index (χ3n) is 4.31. The molecular weight excluding hydrogens is 404 g/mol. The van der Waals surface area contributed by atoms with E-state index < -0.39 is 9.84 Å². The van der Waals surface area contributed by atoms with Gasteiger partial charge in [0.25, 0.3) is 0 Å². The van der Waals surface area contributed by atoms with Crippen LogP contribution in [-0.4, -0.2) is 35.1 Å². The minimum atomic E-state index is -3.86. The van der Waals surface area contributed by atoms with Gasteiger partial charge in [0.15, 0.2) is 0 Å². The van der Waals surface area contributed by atoms with Crippen molar-refractivity contribution in [3.8, 4) is 11.5 Å². The maximum Gasteiger partial charge on any atom is 0.243 e. The third-order valence-corrected chi connectivity index (χ3v) is 6.17. The molecule has 3 aromatic carbocycles. The number of anilines is 2. The topological polar surface area (TPSA) is 93.7 Å². The fraction of sp³-hybridized carbons (Fsp3) is 0.136. The highest BCUT2D eigenvalue weighted by atomic mass is 32.2. The van der Waals surface area contributed by atoms with Crippen LogP contribution in [0.25, 0.3) is 0 Å². The van der Waals surface area contributed by atoms with Gasteiger partial charge < -0.3 is 20.1 Å². The Labute approximate surface area is 175 Å². The molecule has 2 N–H and O–H groups in total. The lowest BCUT2D eigenvalue weighted by Crippen LogP contribution is -2.22. The van der Waals surface area contributed by atoms with Crippen LogP contribution in [0.4, 0.5) is 11.4 Å². The standard InChI is InChI=1S/C22H22N2O5S/c1-28-17-9-6-8-16(14-17)24-21(25)15-23-19-12-7-13-20(29-2)22(19)30(26,27)18-10-4-3-5-11-18/h3-14,23H,15H2,1-2H3,(H,24,25). The van der Waals surface area contributed by atoms with Gasteiger partial charge >= 0.3 is 0 Å². The lowest BCUT2D eigenvalue weighted by Gasteiger charge is -2.16. The SMILES string of the molecule is COc1cccc(NC(=O)CNc2cccc(OC)c2S(=O)(=O)c2ccccc2)c1. The van der Waals surface area contributed by atoms with Gasteiger partial charge in [-0.25, -0.2) is 8.42 Å². The molecule has 0 atom stereocenters. The van der Waals surface area contributed by atoms with Crippen LogP contribution in [0.3, 0.4) is 0 Å². The van der Waals surface area contributed by atoms with Crippen LogP contribution in [0.1, 0.15) is 0 Å². The van der Waals surface area contributed by atoms with Crippen molar-refractivity contribution >= 4 is 27.1 Å². The van der Waals surface area contributed by atoms with E-state index in [1.807, 2.05) is 0 Å². The van der Waals surface area contributed by atoms with Crippen LogP contribution in [-0.2, 0) is 14.6 Å². The molecule has 156 valence electrons. The Bertz CT molecular complexity index is 1130. The molecule has 0 radical (unpaired) electrons. The smallest absolute Gasteiger partial charge is 0.243 e. The van der Waals surface area contributed by atoms with E-state index in [1.165, 1.54) is 19.2 Å². The van der Waals surface area contributed by atoms with E-state index in [2.05, 4.69) is 10.6 Å². The molecule has 7 nitrogen and oxygen atoms in total. The average Bonchev–Trinajstić information content (AvgIpc) is 2.78. The summed E-state index contributed by atoms with van der Waals surface area (Å²) < 4.78 is 36.8. The van der Waals surface area contributed by atoms with Crippen molar-refractivity contribution in [3.63, 3.8) is 0 Å². The summed E-state index contributed by atoms with van der Waals surface area (Å²) in [5, 5.41) is 5.65. The summed E-state index contributed by atoms with van der Waals surface area (Å²) >= 11 is 0. The minimum absolute atomic E-state index is 0.0205. The van der Waals surface area contributed by atoms with Crippen molar-refractivity contribution in [2.45, 2.75) is 9.79 Å². The van der Waals surface area contributed by atoms with E-state index in [1.54, 1.807) is 67.8 Å². The maximum absolute atomic E-state index is 13.2. The van der Waals surface area contributed by atoms with Crippen LogP contribution in [0.5, 0.6) is 11.5 Å². The van der Waals surface area contributed by atoms with Gasteiger partial charge in [-0.2, -0.15) is 0 Å². The number of nitrogens with one attached hydrogen (secondary N) is 2. The zero-order valence-electron chi connectivity index (χ0n) is 16.6. The number of amides is 1. The Hall–Kier alpha value is -3.52. The molecule has 0 bridgehead atoms. The molecule has 0 aromatic heterocycles. The van der Waals surface area contributed by atoms with Gasteiger partial charge in [-0.05, 0) is 36.4 Å². The van der Waals surface area contributed by atoms with Gasteiger partial charge in [-0.1, -0.05) is 30.3 Å². The van der Waals surface area contributed by atoms with Crippen LogP contribution in [0.15, 0.2) is 82.6 Å². The first-order valence-corrected chi connectivity index (χ1v) is 10.6. The van der Waals surface area contributed by atoms with E-state index >= 15 is 0 Å². The molecule has 0 spiro atoms. The highest BCUT2D eigenvalue weighted by Gasteiger charge is 2.26. The molecule has 0 aliphatic carbocycles. The predicted octanol–water partition coefficient (Wildman–Crippen LogP) is 3.59. The largest absolute Gasteiger partial charge is 0.497 e. The summed E-state index contributed by atoms with van der Waals surface area (Å²) in [6.45, 7) is -0.137. The number of sulfone groups is 1. The van der Waals surface area contributed by atoms with Crippen LogP contribution < -0.4 is 20.1 Å². The molecule has 0 heterocycles. The molecule has 8 heteroatoms. The highest BCUT2D eigenvalue weighted by molar-refractivity contribution is 7.91. The zero-order chi connectivity index (χ0) is 21.6. The Morgan fingerprint density at radius 1 is 0.900 bits per heavy atom. The van der Waals surface area contributed by atoms with Crippen molar-refractivity contribution in [2.75, 3.05) is 31.4 Å². The summed E-state index contributed by atoms with van der Waals surface area (Å²) in [7, 11) is -0.921. The molecule has 0 aliphatic rings. The van der Waals surface area contributed by atoms with Crippen molar-refractivity contribution < 1.29 is 22.7 Å². The number of rotatable bonds is 8. The predicted molar refractivity (Wildman–Crippen MR) is 115 cm³/mol. The summed E-state index contributed by atoms with van der Waals surface area (Å²) in [5.41, 5.74) is 0.850. The number of ether oxygens (including phenoxy) is 2. The first-order valence-electron chi connectivity index (χ1n) is 9.10. The van der Waals surface area contributed by atoms with Crippen molar-refractivity contribution in [1.82, 2.24) is 0 Å². The van der Waals surface area contributed by atoms with Crippen LogP contribution >= 0.6 is 0 Å². The summed E-state index contributed by atoms with van der Waals surface area (Å²) in [6.07, 6.45) is 0. The number of hydrogen-bond acceptors (Lipinski definition) is 6. The number of carbonyl (C=O) groups excluding carboxylic acids is 1. The average molecular weight is 426 g/mol. The number of benzene rings is 3. The van der Waals surface area contributed by atoms with Gasteiger partial charge in [0, 0.05) is 11.8 Å².